The first kappa shape index (κ1) is 9.02. The molecule has 0 saturated carbocycles. The van der Waals surface area contributed by atoms with E-state index in [1.807, 2.05) is 35.3 Å². The number of nitrogens with two attached hydrogens (primary N) is 1. The molecule has 3 N–H and O–H groups in total. The number of aromatic nitrogens is 3. The number of aryl methyl sites for hydroxylation is 1. The van der Waals surface area contributed by atoms with Gasteiger partial charge in [-0.1, -0.05) is 0 Å². The van der Waals surface area contributed by atoms with Crippen LogP contribution in [0.5, 0.6) is 0 Å². The number of nitrogens with one attached hydrogen (secondary N) is 1. The van der Waals surface area contributed by atoms with Crippen LogP contribution in [0.3, 0.4) is 0 Å². The summed E-state index contributed by atoms with van der Waals surface area (Å²) in [5.41, 5.74) is 5.98. The van der Waals surface area contributed by atoms with Gasteiger partial charge in [0.25, 0.3) is 0 Å². The van der Waals surface area contributed by atoms with Gasteiger partial charge in [0.15, 0.2) is 0 Å². The minimum atomic E-state index is 0.0371. The van der Waals surface area contributed by atoms with Crippen molar-refractivity contribution in [3.8, 4) is 0 Å². The zero-order valence-corrected chi connectivity index (χ0v) is 7.93. The van der Waals surface area contributed by atoms with Crippen LogP contribution < -0.4 is 5.73 Å². The summed E-state index contributed by atoms with van der Waals surface area (Å²) >= 11 is 0. The number of hydrogen-bond acceptors (Lipinski definition) is 2. The first-order valence-electron chi connectivity index (χ1n) is 4.72. The fourth-order valence-corrected chi connectivity index (χ4v) is 1.44. The molecule has 1 atom stereocenters. The second kappa shape index (κ2) is 4.11. The van der Waals surface area contributed by atoms with Crippen LogP contribution in [0.2, 0.25) is 0 Å². The van der Waals surface area contributed by atoms with Crippen LogP contribution in [0.25, 0.3) is 0 Å². The molecular formula is C10H14N4. The normalized spacial score (nSPS) is 12.9. The Morgan fingerprint density at radius 3 is 2.86 bits per heavy atom. The molecular weight excluding hydrogens is 176 g/mol. The zero-order valence-electron chi connectivity index (χ0n) is 7.93. The molecule has 0 aliphatic heterocycles. The maximum Gasteiger partial charge on any atom is 0.106 e. The molecule has 0 spiro atoms. The van der Waals surface area contributed by atoms with Crippen molar-refractivity contribution in [2.45, 2.75) is 19.0 Å². The molecule has 0 fully saturated rings. The van der Waals surface area contributed by atoms with Crippen LogP contribution in [0.1, 0.15) is 18.4 Å². The van der Waals surface area contributed by atoms with E-state index in [-0.39, 0.29) is 6.17 Å². The molecule has 4 nitrogen and oxygen atoms in total. The molecule has 2 heterocycles. The predicted octanol–water partition coefficient (Wildman–Crippen LogP) is 1.30. The molecule has 0 aliphatic rings. The molecule has 2 aromatic rings. The Kier molecular flexibility index (Phi) is 2.65. The van der Waals surface area contributed by atoms with E-state index in [2.05, 4.69) is 9.97 Å². The molecule has 1 unspecified atom stereocenters. The van der Waals surface area contributed by atoms with Gasteiger partial charge in [0, 0.05) is 31.2 Å². The molecule has 0 amide bonds. The standard InChI is InChI=1S/C10H14N4/c11-9(14-7-1-2-8-14)3-4-10-12-5-6-13-10/h1-2,5-9H,3-4,11H2,(H,12,13). The van der Waals surface area contributed by atoms with Crippen LogP contribution >= 0.6 is 0 Å². The van der Waals surface area contributed by atoms with Crippen molar-refractivity contribution in [2.75, 3.05) is 0 Å². The lowest BCUT2D eigenvalue weighted by Gasteiger charge is -2.12. The molecule has 0 aromatic carbocycles. The lowest BCUT2D eigenvalue weighted by atomic mass is 10.2. The van der Waals surface area contributed by atoms with Crippen molar-refractivity contribution in [1.29, 1.82) is 0 Å². The van der Waals surface area contributed by atoms with E-state index >= 15 is 0 Å². The Morgan fingerprint density at radius 2 is 2.21 bits per heavy atom. The second-order valence-electron chi connectivity index (χ2n) is 3.27. The maximum atomic E-state index is 5.98. The molecule has 14 heavy (non-hydrogen) atoms. The zero-order chi connectivity index (χ0) is 9.80. The van der Waals surface area contributed by atoms with Crippen molar-refractivity contribution >= 4 is 0 Å². The Balaban J connectivity index is 1.87. The Hall–Kier alpha value is -1.55. The van der Waals surface area contributed by atoms with Crippen molar-refractivity contribution in [3.63, 3.8) is 0 Å². The highest BCUT2D eigenvalue weighted by Crippen LogP contribution is 2.07. The third kappa shape index (κ3) is 2.03. The van der Waals surface area contributed by atoms with Gasteiger partial charge in [-0.05, 0) is 18.6 Å². The van der Waals surface area contributed by atoms with Crippen LogP contribution in [-0.4, -0.2) is 14.5 Å². The minimum Gasteiger partial charge on any atom is -0.349 e. The van der Waals surface area contributed by atoms with E-state index in [1.54, 1.807) is 6.20 Å². The topological polar surface area (TPSA) is 59.6 Å². The Morgan fingerprint density at radius 1 is 1.43 bits per heavy atom. The number of aromatic amines is 1. The van der Waals surface area contributed by atoms with Crippen molar-refractivity contribution in [3.05, 3.63) is 42.7 Å². The fourth-order valence-electron chi connectivity index (χ4n) is 1.44. The van der Waals surface area contributed by atoms with Gasteiger partial charge in [0.05, 0.1) is 6.17 Å². The molecule has 0 bridgehead atoms. The molecule has 74 valence electrons. The van der Waals surface area contributed by atoms with E-state index in [9.17, 15) is 0 Å². The first-order chi connectivity index (χ1) is 6.86. The van der Waals surface area contributed by atoms with Gasteiger partial charge in [0.1, 0.15) is 5.82 Å². The molecule has 2 aromatic heterocycles. The summed E-state index contributed by atoms with van der Waals surface area (Å²) in [7, 11) is 0. The Bertz CT molecular complexity index is 349. The molecule has 0 aliphatic carbocycles. The van der Waals surface area contributed by atoms with Gasteiger partial charge in [-0.15, -0.1) is 0 Å². The van der Waals surface area contributed by atoms with Crippen LogP contribution in [-0.2, 0) is 6.42 Å². The highest BCUT2D eigenvalue weighted by atomic mass is 15.1. The average Bonchev–Trinajstić information content (AvgIpc) is 2.87. The number of H-pyrrole nitrogens is 1. The van der Waals surface area contributed by atoms with Crippen LogP contribution in [0.15, 0.2) is 36.9 Å². The van der Waals surface area contributed by atoms with Gasteiger partial charge >= 0.3 is 0 Å². The second-order valence-corrected chi connectivity index (χ2v) is 3.27. The molecule has 0 radical (unpaired) electrons. The largest absolute Gasteiger partial charge is 0.349 e. The van der Waals surface area contributed by atoms with Gasteiger partial charge in [0.2, 0.25) is 0 Å². The SMILES string of the molecule is NC(CCc1ncc[nH]1)n1cccc1. The molecule has 0 saturated heterocycles. The predicted molar refractivity (Wildman–Crippen MR) is 54.6 cm³/mol. The van der Waals surface area contributed by atoms with Gasteiger partial charge in [-0.3, -0.25) is 0 Å². The lowest BCUT2D eigenvalue weighted by Crippen LogP contribution is -2.17. The smallest absolute Gasteiger partial charge is 0.106 e. The first-order valence-corrected chi connectivity index (χ1v) is 4.72. The monoisotopic (exact) mass is 190 g/mol. The summed E-state index contributed by atoms with van der Waals surface area (Å²) < 4.78 is 2.00. The lowest BCUT2D eigenvalue weighted by molar-refractivity contribution is 0.481. The van der Waals surface area contributed by atoms with Gasteiger partial charge < -0.3 is 15.3 Å². The van der Waals surface area contributed by atoms with E-state index in [1.165, 1.54) is 0 Å². The summed E-state index contributed by atoms with van der Waals surface area (Å²) in [6, 6.07) is 3.96. The molecule has 2 rings (SSSR count). The maximum absolute atomic E-state index is 5.98. The summed E-state index contributed by atoms with van der Waals surface area (Å²) in [6.07, 6.45) is 9.36. The van der Waals surface area contributed by atoms with Crippen molar-refractivity contribution in [1.82, 2.24) is 14.5 Å². The number of nitrogens with zero attached hydrogens (tertiary/aromatic N) is 2. The fraction of sp³-hybridized carbons (Fsp3) is 0.300. The van der Waals surface area contributed by atoms with E-state index in [0.29, 0.717) is 0 Å². The van der Waals surface area contributed by atoms with Crippen molar-refractivity contribution in [2.24, 2.45) is 5.73 Å². The van der Waals surface area contributed by atoms with Crippen molar-refractivity contribution < 1.29 is 0 Å². The highest BCUT2D eigenvalue weighted by Gasteiger charge is 2.04. The Labute approximate surface area is 82.8 Å². The summed E-state index contributed by atoms with van der Waals surface area (Å²) in [5, 5.41) is 0. The summed E-state index contributed by atoms with van der Waals surface area (Å²) in [6.45, 7) is 0. The van der Waals surface area contributed by atoms with E-state index < -0.39 is 0 Å². The highest BCUT2D eigenvalue weighted by molar-refractivity contribution is 4.93. The van der Waals surface area contributed by atoms with Gasteiger partial charge in [-0.25, -0.2) is 4.98 Å². The number of imidazole rings is 1. The van der Waals surface area contributed by atoms with Crippen LogP contribution in [0, 0.1) is 0 Å². The third-order valence-electron chi connectivity index (χ3n) is 2.24. The quantitative estimate of drug-likeness (QED) is 0.763. The number of hydrogen-bond donors (Lipinski definition) is 2. The van der Waals surface area contributed by atoms with Gasteiger partial charge in [-0.2, -0.15) is 0 Å². The summed E-state index contributed by atoms with van der Waals surface area (Å²) in [4.78, 5) is 7.21. The summed E-state index contributed by atoms with van der Waals surface area (Å²) in [5.74, 6) is 0.993. The number of rotatable bonds is 4. The van der Waals surface area contributed by atoms with Crippen LogP contribution in [0.4, 0.5) is 0 Å². The van der Waals surface area contributed by atoms with E-state index in [4.69, 9.17) is 5.73 Å². The third-order valence-corrected chi connectivity index (χ3v) is 2.24. The molecule has 4 heteroatoms. The average molecular weight is 190 g/mol. The van der Waals surface area contributed by atoms with E-state index in [0.717, 1.165) is 18.7 Å². The minimum absolute atomic E-state index is 0.0371.